The number of nitrogens with one attached hydrogen (secondary N) is 1. The lowest BCUT2D eigenvalue weighted by Gasteiger charge is -2.09. The molecule has 1 aromatic heterocycles. The number of aromatic carboxylic acids is 1. The van der Waals surface area contributed by atoms with Gasteiger partial charge in [-0.3, -0.25) is 9.78 Å². The van der Waals surface area contributed by atoms with Gasteiger partial charge in [0.05, 0.1) is 11.3 Å². The summed E-state index contributed by atoms with van der Waals surface area (Å²) in [6, 6.07) is 7.28. The van der Waals surface area contributed by atoms with Gasteiger partial charge in [0.1, 0.15) is 0 Å². The fraction of sp³-hybridized carbons (Fsp3) is 0. The monoisotopic (exact) mass is 257 g/mol. The van der Waals surface area contributed by atoms with Gasteiger partial charge in [0.15, 0.2) is 0 Å². The van der Waals surface area contributed by atoms with Crippen LogP contribution in [0.3, 0.4) is 0 Å². The summed E-state index contributed by atoms with van der Waals surface area (Å²) in [5.74, 6) is -1.56. The zero-order valence-corrected chi connectivity index (χ0v) is 9.83. The van der Waals surface area contributed by atoms with E-state index in [1.807, 2.05) is 0 Å². The van der Waals surface area contributed by atoms with Crippen molar-refractivity contribution < 1.29 is 14.7 Å². The molecular formula is C13H11N3O3. The third-order valence-corrected chi connectivity index (χ3v) is 2.46. The van der Waals surface area contributed by atoms with Crippen LogP contribution in [0.15, 0.2) is 42.7 Å². The quantitative estimate of drug-likeness (QED) is 0.724. The van der Waals surface area contributed by atoms with Crippen molar-refractivity contribution in [1.29, 1.82) is 0 Å². The topological polar surface area (TPSA) is 105 Å². The second kappa shape index (κ2) is 5.18. The van der Waals surface area contributed by atoms with E-state index in [1.165, 1.54) is 42.7 Å². The fourth-order valence-electron chi connectivity index (χ4n) is 1.55. The predicted molar refractivity (Wildman–Crippen MR) is 70.0 cm³/mol. The highest BCUT2D eigenvalue weighted by Gasteiger charge is 2.13. The van der Waals surface area contributed by atoms with E-state index in [9.17, 15) is 9.59 Å². The zero-order valence-electron chi connectivity index (χ0n) is 9.83. The minimum Gasteiger partial charge on any atom is -0.478 e. The molecule has 1 aromatic carbocycles. The number of carboxylic acid groups (broad SMARTS) is 1. The van der Waals surface area contributed by atoms with Crippen LogP contribution in [0.4, 0.5) is 11.4 Å². The molecule has 2 rings (SSSR count). The molecule has 0 saturated heterocycles. The number of nitrogens with zero attached hydrogens (tertiary/aromatic N) is 1. The molecule has 0 atom stereocenters. The van der Waals surface area contributed by atoms with Crippen LogP contribution in [0.1, 0.15) is 20.7 Å². The van der Waals surface area contributed by atoms with Crippen molar-refractivity contribution >= 4 is 23.3 Å². The lowest BCUT2D eigenvalue weighted by molar-refractivity contribution is 0.0698. The first-order chi connectivity index (χ1) is 9.08. The zero-order chi connectivity index (χ0) is 13.8. The molecule has 0 fully saturated rings. The van der Waals surface area contributed by atoms with E-state index >= 15 is 0 Å². The van der Waals surface area contributed by atoms with Crippen molar-refractivity contribution in [3.63, 3.8) is 0 Å². The van der Waals surface area contributed by atoms with Crippen LogP contribution in [0.2, 0.25) is 0 Å². The van der Waals surface area contributed by atoms with E-state index in [2.05, 4.69) is 10.3 Å². The van der Waals surface area contributed by atoms with Gasteiger partial charge in [0.2, 0.25) is 0 Å². The Balaban J connectivity index is 2.31. The van der Waals surface area contributed by atoms with Gasteiger partial charge in [0.25, 0.3) is 5.91 Å². The molecule has 0 bridgehead atoms. The summed E-state index contributed by atoms with van der Waals surface area (Å²) in [5, 5.41) is 11.6. The number of carbonyl (C=O) groups excluding carboxylic acids is 1. The van der Waals surface area contributed by atoms with Gasteiger partial charge in [-0.2, -0.15) is 0 Å². The number of nitrogen functional groups attached to an aromatic ring is 1. The van der Waals surface area contributed by atoms with Gasteiger partial charge in [-0.1, -0.05) is 0 Å². The van der Waals surface area contributed by atoms with E-state index in [1.54, 1.807) is 0 Å². The van der Waals surface area contributed by atoms with Crippen LogP contribution in [0.5, 0.6) is 0 Å². The average Bonchev–Trinajstić information content (AvgIpc) is 2.39. The van der Waals surface area contributed by atoms with Gasteiger partial charge in [-0.05, 0) is 30.3 Å². The van der Waals surface area contributed by atoms with Crippen molar-refractivity contribution in [3.8, 4) is 0 Å². The SMILES string of the molecule is Nc1ccc(C(=O)O)c(NC(=O)c2ccncc2)c1. The van der Waals surface area contributed by atoms with Crippen molar-refractivity contribution in [2.24, 2.45) is 0 Å². The lowest BCUT2D eigenvalue weighted by Crippen LogP contribution is -2.15. The maximum Gasteiger partial charge on any atom is 0.337 e. The fourth-order valence-corrected chi connectivity index (χ4v) is 1.55. The summed E-state index contributed by atoms with van der Waals surface area (Å²) < 4.78 is 0. The Hall–Kier alpha value is -2.89. The second-order valence-electron chi connectivity index (χ2n) is 3.80. The predicted octanol–water partition coefficient (Wildman–Crippen LogP) is 1.61. The van der Waals surface area contributed by atoms with E-state index in [-0.39, 0.29) is 11.3 Å². The second-order valence-corrected chi connectivity index (χ2v) is 3.80. The van der Waals surface area contributed by atoms with Crippen LogP contribution in [-0.2, 0) is 0 Å². The summed E-state index contributed by atoms with van der Waals surface area (Å²) in [4.78, 5) is 26.8. The number of aromatic nitrogens is 1. The molecule has 0 aliphatic carbocycles. The lowest BCUT2D eigenvalue weighted by atomic mass is 10.1. The number of nitrogens with two attached hydrogens (primary N) is 1. The molecule has 0 aliphatic heterocycles. The number of anilines is 2. The highest BCUT2D eigenvalue weighted by Crippen LogP contribution is 2.20. The number of hydrogen-bond acceptors (Lipinski definition) is 4. The third kappa shape index (κ3) is 2.86. The molecule has 19 heavy (non-hydrogen) atoms. The van der Waals surface area contributed by atoms with Crippen molar-refractivity contribution in [2.75, 3.05) is 11.1 Å². The van der Waals surface area contributed by atoms with E-state index < -0.39 is 11.9 Å². The first kappa shape index (κ1) is 12.6. The minimum absolute atomic E-state index is 0.0170. The Morgan fingerprint density at radius 1 is 1.16 bits per heavy atom. The average molecular weight is 257 g/mol. The van der Waals surface area contributed by atoms with E-state index in [4.69, 9.17) is 10.8 Å². The van der Waals surface area contributed by atoms with Crippen LogP contribution in [0, 0.1) is 0 Å². The molecule has 6 nitrogen and oxygen atoms in total. The molecule has 0 saturated carbocycles. The molecule has 0 unspecified atom stereocenters. The number of carboxylic acids is 1. The smallest absolute Gasteiger partial charge is 0.337 e. The first-order valence-electron chi connectivity index (χ1n) is 5.42. The van der Waals surface area contributed by atoms with Crippen LogP contribution < -0.4 is 11.1 Å². The summed E-state index contributed by atoms with van der Waals surface area (Å²) >= 11 is 0. The van der Waals surface area contributed by atoms with Gasteiger partial charge < -0.3 is 16.2 Å². The highest BCUT2D eigenvalue weighted by atomic mass is 16.4. The maximum atomic E-state index is 11.9. The third-order valence-electron chi connectivity index (χ3n) is 2.46. The molecule has 6 heteroatoms. The first-order valence-corrected chi connectivity index (χ1v) is 5.42. The molecule has 0 spiro atoms. The van der Waals surface area contributed by atoms with Crippen LogP contribution >= 0.6 is 0 Å². The number of carbonyl (C=O) groups is 2. The molecule has 0 radical (unpaired) electrons. The number of pyridine rings is 1. The molecule has 1 amide bonds. The Kier molecular flexibility index (Phi) is 3.42. The minimum atomic E-state index is -1.13. The summed E-state index contributed by atoms with van der Waals surface area (Å²) in [7, 11) is 0. The summed E-state index contributed by atoms with van der Waals surface area (Å²) in [6.45, 7) is 0. The number of benzene rings is 1. The Bertz CT molecular complexity index is 626. The number of amides is 1. The van der Waals surface area contributed by atoms with Crippen LogP contribution in [0.25, 0.3) is 0 Å². The molecule has 96 valence electrons. The number of hydrogen-bond donors (Lipinski definition) is 3. The van der Waals surface area contributed by atoms with Crippen molar-refractivity contribution in [1.82, 2.24) is 4.98 Å². The van der Waals surface area contributed by atoms with Gasteiger partial charge in [-0.25, -0.2) is 4.79 Å². The molecule has 4 N–H and O–H groups in total. The summed E-state index contributed by atoms with van der Waals surface area (Å²) in [5.41, 5.74) is 6.49. The number of rotatable bonds is 3. The highest BCUT2D eigenvalue weighted by molar-refractivity contribution is 6.08. The van der Waals surface area contributed by atoms with E-state index in [0.717, 1.165) is 0 Å². The molecular weight excluding hydrogens is 246 g/mol. The normalized spacial score (nSPS) is 9.89. The van der Waals surface area contributed by atoms with Crippen molar-refractivity contribution in [2.45, 2.75) is 0 Å². The van der Waals surface area contributed by atoms with Gasteiger partial charge in [-0.15, -0.1) is 0 Å². The molecule has 1 heterocycles. The Morgan fingerprint density at radius 2 is 1.84 bits per heavy atom. The Labute approximate surface area is 108 Å². The summed E-state index contributed by atoms with van der Waals surface area (Å²) in [6.07, 6.45) is 2.96. The van der Waals surface area contributed by atoms with Gasteiger partial charge in [0, 0.05) is 23.6 Å². The largest absolute Gasteiger partial charge is 0.478 e. The van der Waals surface area contributed by atoms with E-state index in [0.29, 0.717) is 11.3 Å². The van der Waals surface area contributed by atoms with Gasteiger partial charge >= 0.3 is 5.97 Å². The standard InChI is InChI=1S/C13H11N3O3/c14-9-1-2-10(13(18)19)11(7-9)16-12(17)8-3-5-15-6-4-8/h1-7H,14H2,(H,16,17)(H,18,19). The maximum absolute atomic E-state index is 11.9. The molecule has 2 aromatic rings. The molecule has 0 aliphatic rings. The Morgan fingerprint density at radius 3 is 2.47 bits per heavy atom. The van der Waals surface area contributed by atoms with Crippen LogP contribution in [-0.4, -0.2) is 22.0 Å². The van der Waals surface area contributed by atoms with Crippen molar-refractivity contribution in [3.05, 3.63) is 53.9 Å².